The largest absolute Gasteiger partial charge is 0.355 e. The van der Waals surface area contributed by atoms with Crippen LogP contribution in [0.25, 0.3) is 6.08 Å². The molecule has 1 aromatic heterocycles. The van der Waals surface area contributed by atoms with E-state index >= 15 is 0 Å². The van der Waals surface area contributed by atoms with Crippen LogP contribution in [0.2, 0.25) is 5.15 Å². The highest BCUT2D eigenvalue weighted by Gasteiger charge is 2.11. The number of nitrogens with zero attached hydrogens (tertiary/aromatic N) is 2. The van der Waals surface area contributed by atoms with Crippen molar-refractivity contribution in [2.45, 2.75) is 27.3 Å². The van der Waals surface area contributed by atoms with Gasteiger partial charge in [-0.2, -0.15) is 5.10 Å². The van der Waals surface area contributed by atoms with Crippen LogP contribution in [0.15, 0.2) is 30.3 Å². The third-order valence-corrected chi connectivity index (χ3v) is 4.16. The van der Waals surface area contributed by atoms with Gasteiger partial charge in [-0.1, -0.05) is 41.4 Å². The first-order valence-corrected chi connectivity index (χ1v) is 8.73. The summed E-state index contributed by atoms with van der Waals surface area (Å²) >= 11 is 6.43. The van der Waals surface area contributed by atoms with E-state index < -0.39 is 0 Å². The number of hydrogen-bond acceptors (Lipinski definition) is 3. The van der Waals surface area contributed by atoms with Crippen LogP contribution in [-0.4, -0.2) is 34.7 Å². The Morgan fingerprint density at radius 1 is 1.15 bits per heavy atom. The van der Waals surface area contributed by atoms with Crippen LogP contribution in [0.3, 0.4) is 0 Å². The summed E-state index contributed by atoms with van der Waals surface area (Å²) in [5.41, 5.74) is 3.77. The van der Waals surface area contributed by atoms with Crippen molar-refractivity contribution in [1.82, 2.24) is 20.4 Å². The lowest BCUT2D eigenvalue weighted by Crippen LogP contribution is -2.32. The first-order chi connectivity index (χ1) is 12.4. The van der Waals surface area contributed by atoms with Gasteiger partial charge in [0.25, 0.3) is 0 Å². The fourth-order valence-corrected chi connectivity index (χ4v) is 2.67. The maximum Gasteiger partial charge on any atom is 0.244 e. The molecule has 2 aromatic rings. The van der Waals surface area contributed by atoms with E-state index in [4.69, 9.17) is 11.6 Å². The fourth-order valence-electron chi connectivity index (χ4n) is 2.37. The van der Waals surface area contributed by atoms with Crippen molar-refractivity contribution in [3.05, 3.63) is 57.9 Å². The van der Waals surface area contributed by atoms with Gasteiger partial charge in [-0.3, -0.25) is 9.59 Å². The zero-order valence-electron chi connectivity index (χ0n) is 15.2. The van der Waals surface area contributed by atoms with Crippen molar-refractivity contribution in [2.24, 2.45) is 0 Å². The topological polar surface area (TPSA) is 76.0 Å². The quantitative estimate of drug-likeness (QED) is 0.577. The van der Waals surface area contributed by atoms with Gasteiger partial charge in [0.05, 0.1) is 12.2 Å². The molecular formula is C19H23ClN4O2. The van der Waals surface area contributed by atoms with Gasteiger partial charge >= 0.3 is 0 Å². The van der Waals surface area contributed by atoms with Gasteiger partial charge in [0, 0.05) is 31.7 Å². The molecule has 2 rings (SSSR count). The Bertz CT molecular complexity index is 810. The van der Waals surface area contributed by atoms with Gasteiger partial charge < -0.3 is 10.6 Å². The summed E-state index contributed by atoms with van der Waals surface area (Å²) < 4.78 is 1.72. The second kappa shape index (κ2) is 9.20. The Hall–Kier alpha value is -2.60. The van der Waals surface area contributed by atoms with Crippen molar-refractivity contribution in [2.75, 3.05) is 13.1 Å². The summed E-state index contributed by atoms with van der Waals surface area (Å²) in [6, 6.07) is 8.18. The molecule has 0 atom stereocenters. The van der Waals surface area contributed by atoms with Crippen molar-refractivity contribution >= 4 is 29.5 Å². The molecule has 0 aliphatic carbocycles. The first kappa shape index (κ1) is 19.7. The van der Waals surface area contributed by atoms with Crippen LogP contribution in [0.1, 0.15) is 29.3 Å². The number of benzene rings is 1. The monoisotopic (exact) mass is 374 g/mol. The SMILES string of the molecule is CC(=O)NCCNC(=O)C=Cc1c(C)nn(Cc2ccc(C)cc2)c1Cl. The van der Waals surface area contributed by atoms with E-state index in [0.29, 0.717) is 24.8 Å². The van der Waals surface area contributed by atoms with Gasteiger partial charge in [-0.25, -0.2) is 4.68 Å². The van der Waals surface area contributed by atoms with Crippen molar-refractivity contribution in [3.8, 4) is 0 Å². The number of rotatable bonds is 7. The molecule has 6 nitrogen and oxygen atoms in total. The van der Waals surface area contributed by atoms with E-state index in [-0.39, 0.29) is 11.8 Å². The molecule has 0 spiro atoms. The van der Waals surface area contributed by atoms with Crippen molar-refractivity contribution in [3.63, 3.8) is 0 Å². The van der Waals surface area contributed by atoms with Crippen LogP contribution in [0.4, 0.5) is 0 Å². The van der Waals surface area contributed by atoms with Crippen LogP contribution < -0.4 is 10.6 Å². The van der Waals surface area contributed by atoms with E-state index in [1.165, 1.54) is 18.6 Å². The summed E-state index contributed by atoms with van der Waals surface area (Å²) in [6.45, 7) is 6.65. The number of carbonyl (C=O) groups excluding carboxylic acids is 2. The van der Waals surface area contributed by atoms with E-state index in [1.807, 2.05) is 38.1 Å². The predicted molar refractivity (Wildman–Crippen MR) is 103 cm³/mol. The average molecular weight is 375 g/mol. The van der Waals surface area contributed by atoms with Crippen molar-refractivity contribution < 1.29 is 9.59 Å². The molecular weight excluding hydrogens is 352 g/mol. The normalized spacial score (nSPS) is 10.9. The van der Waals surface area contributed by atoms with Gasteiger partial charge in [-0.15, -0.1) is 0 Å². The lowest BCUT2D eigenvalue weighted by atomic mass is 10.1. The molecule has 0 saturated heterocycles. The van der Waals surface area contributed by atoms with Crippen LogP contribution in [0, 0.1) is 13.8 Å². The second-order valence-electron chi connectivity index (χ2n) is 6.04. The average Bonchev–Trinajstić information content (AvgIpc) is 2.85. The van der Waals surface area contributed by atoms with E-state index in [0.717, 1.165) is 16.8 Å². The Morgan fingerprint density at radius 3 is 2.46 bits per heavy atom. The van der Waals surface area contributed by atoms with Gasteiger partial charge in [0.15, 0.2) is 0 Å². The zero-order valence-corrected chi connectivity index (χ0v) is 15.9. The fraction of sp³-hybridized carbons (Fsp3) is 0.316. The molecule has 7 heteroatoms. The molecule has 26 heavy (non-hydrogen) atoms. The second-order valence-corrected chi connectivity index (χ2v) is 6.40. The number of carbonyl (C=O) groups is 2. The van der Waals surface area contributed by atoms with E-state index in [1.54, 1.807) is 10.8 Å². The van der Waals surface area contributed by atoms with E-state index in [2.05, 4.69) is 15.7 Å². The van der Waals surface area contributed by atoms with Crippen molar-refractivity contribution in [1.29, 1.82) is 0 Å². The molecule has 0 bridgehead atoms. The summed E-state index contributed by atoms with van der Waals surface area (Å²) in [7, 11) is 0. The predicted octanol–water partition coefficient (Wildman–Crippen LogP) is 2.47. The Labute approximate surface area is 158 Å². The molecule has 1 aromatic carbocycles. The number of aromatic nitrogens is 2. The number of nitrogens with one attached hydrogen (secondary N) is 2. The standard InChI is InChI=1S/C19H23ClN4O2/c1-13-4-6-16(7-5-13)12-24-19(20)17(14(2)23-24)8-9-18(26)22-11-10-21-15(3)25/h4-9H,10-12H2,1-3H3,(H,21,25)(H,22,26). The number of hydrogen-bond donors (Lipinski definition) is 2. The number of halogens is 1. The summed E-state index contributed by atoms with van der Waals surface area (Å²) in [4.78, 5) is 22.6. The van der Waals surface area contributed by atoms with Crippen LogP contribution in [0.5, 0.6) is 0 Å². The highest BCUT2D eigenvalue weighted by atomic mass is 35.5. The third-order valence-electron chi connectivity index (χ3n) is 3.76. The summed E-state index contributed by atoms with van der Waals surface area (Å²) in [5, 5.41) is 10.2. The molecule has 1 heterocycles. The zero-order chi connectivity index (χ0) is 19.1. The third kappa shape index (κ3) is 5.74. The molecule has 2 N–H and O–H groups in total. The molecule has 0 saturated carbocycles. The maximum absolute atomic E-state index is 11.8. The highest BCUT2D eigenvalue weighted by molar-refractivity contribution is 6.31. The van der Waals surface area contributed by atoms with Gasteiger partial charge in [-0.05, 0) is 25.5 Å². The lowest BCUT2D eigenvalue weighted by Gasteiger charge is -2.04. The number of amides is 2. The maximum atomic E-state index is 11.8. The first-order valence-electron chi connectivity index (χ1n) is 8.35. The number of aryl methyl sites for hydroxylation is 2. The molecule has 138 valence electrons. The molecule has 0 fully saturated rings. The van der Waals surface area contributed by atoms with E-state index in [9.17, 15) is 9.59 Å². The molecule has 0 unspecified atom stereocenters. The minimum atomic E-state index is -0.253. The van der Waals surface area contributed by atoms with Gasteiger partial charge in [0.1, 0.15) is 5.15 Å². The minimum absolute atomic E-state index is 0.127. The molecule has 0 aliphatic heterocycles. The molecule has 0 radical (unpaired) electrons. The Morgan fingerprint density at radius 2 is 1.81 bits per heavy atom. The summed E-state index contributed by atoms with van der Waals surface area (Å²) in [5.74, 6) is -0.379. The minimum Gasteiger partial charge on any atom is -0.355 e. The summed E-state index contributed by atoms with van der Waals surface area (Å²) in [6.07, 6.45) is 3.07. The lowest BCUT2D eigenvalue weighted by molar-refractivity contribution is -0.119. The molecule has 2 amide bonds. The highest BCUT2D eigenvalue weighted by Crippen LogP contribution is 2.22. The van der Waals surface area contributed by atoms with Crippen LogP contribution in [-0.2, 0) is 16.1 Å². The van der Waals surface area contributed by atoms with Gasteiger partial charge in [0.2, 0.25) is 11.8 Å². The smallest absolute Gasteiger partial charge is 0.244 e. The Kier molecular flexibility index (Phi) is 6.97. The molecule has 0 aliphatic rings. The Balaban J connectivity index is 1.99. The van der Waals surface area contributed by atoms with Crippen LogP contribution >= 0.6 is 11.6 Å².